The fourth-order valence-electron chi connectivity index (χ4n) is 4.33. The summed E-state index contributed by atoms with van der Waals surface area (Å²) in [5, 5.41) is 1.31. The smallest absolute Gasteiger partial charge is 0.258 e. The summed E-state index contributed by atoms with van der Waals surface area (Å²) in [6, 6.07) is 17.9. The quantitative estimate of drug-likeness (QED) is 0.629. The molecule has 156 valence electrons. The maximum Gasteiger partial charge on any atom is 0.258 e. The largest absolute Gasteiger partial charge is 0.383 e. The van der Waals surface area contributed by atoms with E-state index in [9.17, 15) is 9.59 Å². The van der Waals surface area contributed by atoms with Gasteiger partial charge in [0.25, 0.3) is 11.5 Å². The molecule has 2 heterocycles. The van der Waals surface area contributed by atoms with Crippen molar-refractivity contribution in [3.8, 4) is 0 Å². The van der Waals surface area contributed by atoms with Gasteiger partial charge in [-0.25, -0.2) is 0 Å². The third-order valence-corrected chi connectivity index (χ3v) is 6.03. The van der Waals surface area contributed by atoms with E-state index >= 15 is 0 Å². The number of carbonyl (C=O) groups excluding carboxylic acids is 1. The molecule has 0 radical (unpaired) electrons. The van der Waals surface area contributed by atoms with Crippen molar-refractivity contribution in [1.82, 2.24) is 9.47 Å². The van der Waals surface area contributed by atoms with Crippen LogP contribution in [0.5, 0.6) is 0 Å². The molecule has 5 heteroatoms. The third kappa shape index (κ3) is 4.31. The Balaban J connectivity index is 1.53. The van der Waals surface area contributed by atoms with Crippen LogP contribution in [0, 0.1) is 5.92 Å². The van der Waals surface area contributed by atoms with Crippen molar-refractivity contribution in [2.45, 2.75) is 25.8 Å². The van der Waals surface area contributed by atoms with E-state index in [1.807, 2.05) is 29.2 Å². The Labute approximate surface area is 176 Å². The molecule has 0 saturated carbocycles. The summed E-state index contributed by atoms with van der Waals surface area (Å²) in [5.41, 5.74) is 1.88. The molecule has 0 bridgehead atoms. The van der Waals surface area contributed by atoms with Crippen LogP contribution in [0.3, 0.4) is 0 Å². The van der Waals surface area contributed by atoms with Gasteiger partial charge in [-0.15, -0.1) is 0 Å². The summed E-state index contributed by atoms with van der Waals surface area (Å²) >= 11 is 0. The third-order valence-electron chi connectivity index (χ3n) is 6.03. The maximum absolute atomic E-state index is 13.4. The normalized spacial score (nSPS) is 14.9. The number of hydrogen-bond acceptors (Lipinski definition) is 3. The summed E-state index contributed by atoms with van der Waals surface area (Å²) in [6.07, 6.45) is 4.78. The van der Waals surface area contributed by atoms with Crippen LogP contribution in [-0.4, -0.2) is 42.2 Å². The molecule has 1 aromatic heterocycles. The van der Waals surface area contributed by atoms with E-state index in [4.69, 9.17) is 4.74 Å². The molecule has 1 aliphatic rings. The van der Waals surface area contributed by atoms with Crippen LogP contribution in [0.1, 0.15) is 28.8 Å². The van der Waals surface area contributed by atoms with Crippen LogP contribution >= 0.6 is 0 Å². The molecule has 0 unspecified atom stereocenters. The highest BCUT2D eigenvalue weighted by atomic mass is 16.5. The standard InChI is InChI=1S/C25H28N2O3/c1-30-16-15-27-18-23(21-9-5-6-10-22(21)24(27)28)25(29)26-13-11-20(12-14-26)17-19-7-3-2-4-8-19/h2-10,18,20H,11-17H2,1H3. The Morgan fingerprint density at radius 1 is 1.00 bits per heavy atom. The first-order valence-electron chi connectivity index (χ1n) is 10.6. The van der Waals surface area contributed by atoms with Gasteiger partial charge in [0.15, 0.2) is 0 Å². The molecule has 5 nitrogen and oxygen atoms in total. The molecule has 2 aromatic carbocycles. The van der Waals surface area contributed by atoms with Crippen LogP contribution < -0.4 is 5.56 Å². The van der Waals surface area contributed by atoms with Gasteiger partial charge in [-0.2, -0.15) is 0 Å². The second-order valence-corrected chi connectivity index (χ2v) is 8.01. The molecule has 4 rings (SSSR count). The first kappa shape index (κ1) is 20.4. The van der Waals surface area contributed by atoms with Crippen molar-refractivity contribution in [1.29, 1.82) is 0 Å². The lowest BCUT2D eigenvalue weighted by Crippen LogP contribution is -2.39. The maximum atomic E-state index is 13.4. The van der Waals surface area contributed by atoms with Crippen molar-refractivity contribution in [3.63, 3.8) is 0 Å². The van der Waals surface area contributed by atoms with Crippen LogP contribution in [0.25, 0.3) is 10.8 Å². The van der Waals surface area contributed by atoms with E-state index in [0.29, 0.717) is 30.0 Å². The number of methoxy groups -OCH3 is 1. The highest BCUT2D eigenvalue weighted by Gasteiger charge is 2.25. The zero-order chi connectivity index (χ0) is 20.9. The average Bonchev–Trinajstić information content (AvgIpc) is 2.79. The number of amides is 1. The summed E-state index contributed by atoms with van der Waals surface area (Å²) in [7, 11) is 1.61. The first-order valence-corrected chi connectivity index (χ1v) is 10.6. The molecule has 0 spiro atoms. The summed E-state index contributed by atoms with van der Waals surface area (Å²) < 4.78 is 6.73. The summed E-state index contributed by atoms with van der Waals surface area (Å²) in [4.78, 5) is 28.1. The molecule has 0 aliphatic carbocycles. The fourth-order valence-corrected chi connectivity index (χ4v) is 4.33. The minimum atomic E-state index is -0.0826. The number of carbonyl (C=O) groups is 1. The topological polar surface area (TPSA) is 51.5 Å². The van der Waals surface area contributed by atoms with Gasteiger partial charge in [-0.05, 0) is 36.8 Å². The number of pyridine rings is 1. The number of nitrogens with zero attached hydrogens (tertiary/aromatic N) is 2. The minimum Gasteiger partial charge on any atom is -0.383 e. The lowest BCUT2D eigenvalue weighted by molar-refractivity contribution is 0.0691. The van der Waals surface area contributed by atoms with Crippen LogP contribution in [-0.2, 0) is 17.7 Å². The number of hydrogen-bond donors (Lipinski definition) is 0. The SMILES string of the molecule is COCCn1cc(C(=O)N2CCC(Cc3ccccc3)CC2)c2ccccc2c1=O. The van der Waals surface area contributed by atoms with Crippen LogP contribution in [0.15, 0.2) is 65.6 Å². The fraction of sp³-hybridized carbons (Fsp3) is 0.360. The number of aromatic nitrogens is 1. The van der Waals surface area contributed by atoms with Gasteiger partial charge in [0.2, 0.25) is 0 Å². The number of piperidine rings is 1. The Morgan fingerprint density at radius 2 is 1.67 bits per heavy atom. The number of rotatable bonds is 6. The highest BCUT2D eigenvalue weighted by molar-refractivity contribution is 6.06. The van der Waals surface area contributed by atoms with Crippen molar-refractivity contribution < 1.29 is 9.53 Å². The van der Waals surface area contributed by atoms with Gasteiger partial charge >= 0.3 is 0 Å². The van der Waals surface area contributed by atoms with Crippen LogP contribution in [0.4, 0.5) is 0 Å². The van der Waals surface area contributed by atoms with Gasteiger partial charge in [0, 0.05) is 43.7 Å². The predicted molar refractivity (Wildman–Crippen MR) is 119 cm³/mol. The molecule has 0 N–H and O–H groups in total. The molecule has 1 saturated heterocycles. The van der Waals surface area contributed by atoms with Gasteiger partial charge in [0.05, 0.1) is 12.2 Å². The Morgan fingerprint density at radius 3 is 2.37 bits per heavy atom. The monoisotopic (exact) mass is 404 g/mol. The van der Waals surface area contributed by atoms with E-state index in [1.54, 1.807) is 23.9 Å². The second-order valence-electron chi connectivity index (χ2n) is 8.01. The average molecular weight is 405 g/mol. The Kier molecular flexibility index (Phi) is 6.29. The summed E-state index contributed by atoms with van der Waals surface area (Å²) in [6.45, 7) is 2.36. The van der Waals surface area contributed by atoms with Gasteiger partial charge in [0.1, 0.15) is 0 Å². The molecular formula is C25H28N2O3. The van der Waals surface area contributed by atoms with Crippen molar-refractivity contribution in [2.24, 2.45) is 5.92 Å². The van der Waals surface area contributed by atoms with E-state index < -0.39 is 0 Å². The Hall–Kier alpha value is -2.92. The van der Waals surface area contributed by atoms with Crippen molar-refractivity contribution >= 4 is 16.7 Å². The zero-order valence-corrected chi connectivity index (χ0v) is 17.4. The van der Waals surface area contributed by atoms with Crippen molar-refractivity contribution in [3.05, 3.63) is 82.3 Å². The van der Waals surface area contributed by atoms with Crippen molar-refractivity contribution in [2.75, 3.05) is 26.8 Å². The lowest BCUT2D eigenvalue weighted by atomic mass is 9.90. The first-order chi connectivity index (χ1) is 14.7. The number of likely N-dealkylation sites (tertiary alicyclic amines) is 1. The van der Waals surface area contributed by atoms with E-state index in [1.165, 1.54) is 5.56 Å². The number of fused-ring (bicyclic) bond motifs is 1. The van der Waals surface area contributed by atoms with E-state index in [-0.39, 0.29) is 11.5 Å². The molecule has 1 amide bonds. The zero-order valence-electron chi connectivity index (χ0n) is 17.4. The second kappa shape index (κ2) is 9.26. The van der Waals surface area contributed by atoms with Gasteiger partial charge < -0.3 is 14.2 Å². The Bertz CT molecular complexity index is 1070. The van der Waals surface area contributed by atoms with Crippen LogP contribution in [0.2, 0.25) is 0 Å². The van der Waals surface area contributed by atoms with E-state index in [0.717, 1.165) is 37.7 Å². The molecule has 3 aromatic rings. The van der Waals surface area contributed by atoms with Gasteiger partial charge in [-0.3, -0.25) is 9.59 Å². The lowest BCUT2D eigenvalue weighted by Gasteiger charge is -2.32. The highest BCUT2D eigenvalue weighted by Crippen LogP contribution is 2.24. The molecule has 1 aliphatic heterocycles. The number of benzene rings is 2. The summed E-state index contributed by atoms with van der Waals surface area (Å²) in [5.74, 6) is 0.611. The molecule has 1 fully saturated rings. The molecular weight excluding hydrogens is 376 g/mol. The number of ether oxygens (including phenoxy) is 1. The minimum absolute atomic E-state index is 0.00975. The molecule has 0 atom stereocenters. The predicted octanol–water partition coefficient (Wildman–Crippen LogP) is 3.74. The van der Waals surface area contributed by atoms with Gasteiger partial charge in [-0.1, -0.05) is 48.5 Å². The molecule has 30 heavy (non-hydrogen) atoms. The van der Waals surface area contributed by atoms with E-state index in [2.05, 4.69) is 24.3 Å².